The van der Waals surface area contributed by atoms with E-state index in [0.29, 0.717) is 19.8 Å². The van der Waals surface area contributed by atoms with Gasteiger partial charge in [0, 0.05) is 13.1 Å². The van der Waals surface area contributed by atoms with Crippen molar-refractivity contribution in [3.63, 3.8) is 0 Å². The molecule has 1 aliphatic heterocycles. The first kappa shape index (κ1) is 14.2. The van der Waals surface area contributed by atoms with Crippen molar-refractivity contribution in [2.24, 2.45) is 5.73 Å². The minimum Gasteiger partial charge on any atom is -0.486 e. The van der Waals surface area contributed by atoms with Crippen LogP contribution in [0.25, 0.3) is 0 Å². The third-order valence-electron chi connectivity index (χ3n) is 3.40. The maximum absolute atomic E-state index is 6.02. The van der Waals surface area contributed by atoms with Crippen LogP contribution in [0.15, 0.2) is 18.2 Å². The number of benzene rings is 1. The minimum atomic E-state index is 0.267. The van der Waals surface area contributed by atoms with Gasteiger partial charge in [0.2, 0.25) is 0 Å². The van der Waals surface area contributed by atoms with Crippen molar-refractivity contribution in [1.82, 2.24) is 0 Å². The third kappa shape index (κ3) is 3.61. The van der Waals surface area contributed by atoms with Gasteiger partial charge >= 0.3 is 0 Å². The Morgan fingerprint density at radius 2 is 2.26 bits per heavy atom. The van der Waals surface area contributed by atoms with Crippen LogP contribution in [-0.4, -0.2) is 39.0 Å². The second kappa shape index (κ2) is 6.78. The largest absolute Gasteiger partial charge is 0.486 e. The zero-order valence-electron chi connectivity index (χ0n) is 11.9. The molecule has 19 heavy (non-hydrogen) atoms. The quantitative estimate of drug-likeness (QED) is 0.798. The summed E-state index contributed by atoms with van der Waals surface area (Å²) in [4.78, 5) is 2.35. The van der Waals surface area contributed by atoms with E-state index >= 15 is 0 Å². The summed E-state index contributed by atoms with van der Waals surface area (Å²) in [7, 11) is 0. The van der Waals surface area contributed by atoms with E-state index in [1.165, 1.54) is 11.3 Å². The Labute approximate surface area is 115 Å². The van der Waals surface area contributed by atoms with Crippen LogP contribution >= 0.6 is 0 Å². The van der Waals surface area contributed by atoms with Crippen molar-refractivity contribution in [2.75, 3.05) is 37.7 Å². The van der Waals surface area contributed by atoms with E-state index in [4.69, 9.17) is 15.2 Å². The fourth-order valence-electron chi connectivity index (χ4n) is 2.32. The van der Waals surface area contributed by atoms with Crippen molar-refractivity contribution in [3.05, 3.63) is 23.8 Å². The summed E-state index contributed by atoms with van der Waals surface area (Å²) < 4.78 is 11.5. The highest BCUT2D eigenvalue weighted by Gasteiger charge is 2.24. The molecule has 106 valence electrons. The number of hydrogen-bond donors (Lipinski definition) is 1. The molecule has 0 aliphatic carbocycles. The number of nitrogens with two attached hydrogens (primary N) is 1. The topological polar surface area (TPSA) is 47.7 Å². The molecule has 1 unspecified atom stereocenters. The molecule has 0 amide bonds. The van der Waals surface area contributed by atoms with Gasteiger partial charge in [-0.15, -0.1) is 0 Å². The molecular weight excluding hydrogens is 240 g/mol. The molecule has 1 aliphatic rings. The lowest BCUT2D eigenvalue weighted by Gasteiger charge is -2.36. The molecule has 4 nitrogen and oxygen atoms in total. The Hall–Kier alpha value is -1.26. The molecular formula is C15H24N2O2. The Bertz CT molecular complexity index is 409. The van der Waals surface area contributed by atoms with E-state index in [2.05, 4.69) is 36.9 Å². The summed E-state index contributed by atoms with van der Waals surface area (Å²) in [5.74, 6) is 0.997. The molecule has 0 saturated heterocycles. The lowest BCUT2D eigenvalue weighted by molar-refractivity contribution is 0.140. The average Bonchev–Trinajstić information content (AvgIpc) is 2.42. The average molecular weight is 264 g/mol. The van der Waals surface area contributed by atoms with Crippen LogP contribution < -0.4 is 15.4 Å². The Kier molecular flexibility index (Phi) is 5.05. The molecule has 4 heteroatoms. The number of anilines is 1. The van der Waals surface area contributed by atoms with Crippen LogP contribution in [0.1, 0.15) is 18.9 Å². The van der Waals surface area contributed by atoms with Crippen LogP contribution in [0.3, 0.4) is 0 Å². The molecule has 1 aromatic rings. The van der Waals surface area contributed by atoms with Crippen molar-refractivity contribution in [3.8, 4) is 5.75 Å². The summed E-state index contributed by atoms with van der Waals surface area (Å²) >= 11 is 0. The molecule has 0 aromatic heterocycles. The van der Waals surface area contributed by atoms with Gasteiger partial charge in [-0.25, -0.2) is 0 Å². The Morgan fingerprint density at radius 3 is 3.00 bits per heavy atom. The van der Waals surface area contributed by atoms with Gasteiger partial charge in [0.15, 0.2) is 0 Å². The van der Waals surface area contributed by atoms with Crippen LogP contribution in [0.4, 0.5) is 5.69 Å². The van der Waals surface area contributed by atoms with Crippen molar-refractivity contribution >= 4 is 5.69 Å². The second-order valence-electron chi connectivity index (χ2n) is 4.97. The van der Waals surface area contributed by atoms with Gasteiger partial charge < -0.3 is 20.1 Å². The van der Waals surface area contributed by atoms with Gasteiger partial charge in [-0.2, -0.15) is 0 Å². The predicted octanol–water partition coefficient (Wildman–Crippen LogP) is 1.95. The minimum absolute atomic E-state index is 0.267. The summed E-state index contributed by atoms with van der Waals surface area (Å²) in [5.41, 5.74) is 7.83. The molecule has 2 N–H and O–H groups in total. The molecule has 0 bridgehead atoms. The molecule has 0 fully saturated rings. The fourth-order valence-corrected chi connectivity index (χ4v) is 2.32. The Balaban J connectivity index is 2.06. The SMILES string of the molecule is CCC1CN(CCOCCN)c2ccc(C)cc2O1. The van der Waals surface area contributed by atoms with Gasteiger partial charge in [0.25, 0.3) is 0 Å². The van der Waals surface area contributed by atoms with E-state index in [9.17, 15) is 0 Å². The van der Waals surface area contributed by atoms with E-state index in [-0.39, 0.29) is 6.10 Å². The number of ether oxygens (including phenoxy) is 2. The van der Waals surface area contributed by atoms with Crippen LogP contribution in [0.5, 0.6) is 5.75 Å². The molecule has 1 atom stereocenters. The second-order valence-corrected chi connectivity index (χ2v) is 4.97. The molecule has 2 rings (SSSR count). The van der Waals surface area contributed by atoms with E-state index in [1.807, 2.05) is 0 Å². The molecule has 0 spiro atoms. The summed E-state index contributed by atoms with van der Waals surface area (Å²) in [6.07, 6.45) is 1.29. The highest BCUT2D eigenvalue weighted by atomic mass is 16.5. The molecule has 0 radical (unpaired) electrons. The number of nitrogens with zero attached hydrogens (tertiary/aromatic N) is 1. The normalized spacial score (nSPS) is 18.1. The first-order valence-corrected chi connectivity index (χ1v) is 7.04. The standard InChI is InChI=1S/C15H24N2O2/c1-3-13-11-17(7-9-18-8-6-16)14-5-4-12(2)10-15(14)19-13/h4-5,10,13H,3,6-9,11,16H2,1-2H3. The van der Waals surface area contributed by atoms with Crippen LogP contribution in [0.2, 0.25) is 0 Å². The fraction of sp³-hybridized carbons (Fsp3) is 0.600. The van der Waals surface area contributed by atoms with Gasteiger partial charge in [-0.1, -0.05) is 13.0 Å². The van der Waals surface area contributed by atoms with Gasteiger partial charge in [-0.3, -0.25) is 0 Å². The van der Waals surface area contributed by atoms with Gasteiger partial charge in [0.1, 0.15) is 11.9 Å². The number of fused-ring (bicyclic) bond motifs is 1. The van der Waals surface area contributed by atoms with Crippen LogP contribution in [0, 0.1) is 6.92 Å². The Morgan fingerprint density at radius 1 is 1.42 bits per heavy atom. The third-order valence-corrected chi connectivity index (χ3v) is 3.40. The van der Waals surface area contributed by atoms with E-state index < -0.39 is 0 Å². The molecule has 0 saturated carbocycles. The van der Waals surface area contributed by atoms with E-state index in [0.717, 1.165) is 25.3 Å². The lowest BCUT2D eigenvalue weighted by Crippen LogP contribution is -2.41. The molecule has 1 aromatic carbocycles. The van der Waals surface area contributed by atoms with E-state index in [1.54, 1.807) is 0 Å². The maximum Gasteiger partial charge on any atom is 0.143 e. The first-order valence-electron chi connectivity index (χ1n) is 7.04. The van der Waals surface area contributed by atoms with Gasteiger partial charge in [-0.05, 0) is 31.0 Å². The number of hydrogen-bond acceptors (Lipinski definition) is 4. The highest BCUT2D eigenvalue weighted by Crippen LogP contribution is 2.34. The summed E-state index contributed by atoms with van der Waals surface area (Å²) in [6.45, 7) is 7.98. The first-order chi connectivity index (χ1) is 9.24. The zero-order chi connectivity index (χ0) is 13.7. The number of aryl methyl sites for hydroxylation is 1. The lowest BCUT2D eigenvalue weighted by atomic mass is 10.1. The van der Waals surface area contributed by atoms with Crippen LogP contribution in [-0.2, 0) is 4.74 Å². The monoisotopic (exact) mass is 264 g/mol. The van der Waals surface area contributed by atoms with Crippen molar-refractivity contribution in [1.29, 1.82) is 0 Å². The van der Waals surface area contributed by atoms with Gasteiger partial charge in [0.05, 0.1) is 25.4 Å². The predicted molar refractivity (Wildman–Crippen MR) is 78.0 cm³/mol. The maximum atomic E-state index is 6.02. The number of rotatable bonds is 6. The summed E-state index contributed by atoms with van der Waals surface area (Å²) in [5, 5.41) is 0. The van der Waals surface area contributed by atoms with Crippen molar-refractivity contribution < 1.29 is 9.47 Å². The smallest absolute Gasteiger partial charge is 0.143 e. The van der Waals surface area contributed by atoms with Crippen molar-refractivity contribution in [2.45, 2.75) is 26.4 Å². The summed E-state index contributed by atoms with van der Waals surface area (Å²) in [6, 6.07) is 6.38. The highest BCUT2D eigenvalue weighted by molar-refractivity contribution is 5.61. The zero-order valence-corrected chi connectivity index (χ0v) is 11.9. The molecule has 1 heterocycles.